The second kappa shape index (κ2) is 4.88. The molecule has 2 saturated heterocycles. The van der Waals surface area contributed by atoms with Crippen LogP contribution in [0.3, 0.4) is 0 Å². The molecule has 0 spiro atoms. The van der Waals surface area contributed by atoms with Crippen molar-refractivity contribution in [3.05, 3.63) is 12.5 Å². The minimum atomic E-state index is -3.43. The second-order valence-corrected chi connectivity index (χ2v) is 7.39. The van der Waals surface area contributed by atoms with Crippen LogP contribution in [0, 0.1) is 5.92 Å². The summed E-state index contributed by atoms with van der Waals surface area (Å²) < 4.78 is 26.7. The first kappa shape index (κ1) is 13.1. The molecule has 1 aromatic rings. The van der Waals surface area contributed by atoms with Gasteiger partial charge in [-0.1, -0.05) is 0 Å². The molecule has 0 saturated carbocycles. The van der Waals surface area contributed by atoms with Crippen LogP contribution in [0.25, 0.3) is 0 Å². The summed E-state index contributed by atoms with van der Waals surface area (Å²) in [4.78, 5) is 8.84. The molecule has 2 N–H and O–H groups in total. The van der Waals surface area contributed by atoms with E-state index < -0.39 is 10.0 Å². The van der Waals surface area contributed by atoms with Crippen LogP contribution >= 0.6 is 0 Å². The quantitative estimate of drug-likeness (QED) is 0.847. The molecule has 2 fully saturated rings. The van der Waals surface area contributed by atoms with Crippen LogP contribution in [0.2, 0.25) is 0 Å². The van der Waals surface area contributed by atoms with E-state index in [2.05, 4.69) is 26.6 Å². The number of hydrogen-bond donors (Lipinski definition) is 2. The van der Waals surface area contributed by atoms with Gasteiger partial charge in [0.15, 0.2) is 5.03 Å². The summed E-state index contributed by atoms with van der Waals surface area (Å²) in [5.74, 6) is 0.450. The Bertz CT molecular complexity index is 514. The van der Waals surface area contributed by atoms with Crippen LogP contribution < -0.4 is 4.72 Å². The number of rotatable bonds is 4. The average Bonchev–Trinajstić information content (AvgIpc) is 2.96. The van der Waals surface area contributed by atoms with E-state index in [4.69, 9.17) is 0 Å². The monoisotopic (exact) mass is 284 g/mol. The lowest BCUT2D eigenvalue weighted by atomic mass is 9.91. The molecule has 3 rings (SSSR count). The van der Waals surface area contributed by atoms with Gasteiger partial charge >= 0.3 is 0 Å². The third-order valence-corrected chi connectivity index (χ3v) is 5.87. The summed E-state index contributed by atoms with van der Waals surface area (Å²) in [5.41, 5.74) is 0. The molecule has 0 radical (unpaired) electrons. The maximum Gasteiger partial charge on any atom is 0.257 e. The highest BCUT2D eigenvalue weighted by Gasteiger charge is 2.38. The van der Waals surface area contributed by atoms with E-state index in [-0.39, 0.29) is 5.03 Å². The van der Waals surface area contributed by atoms with E-state index in [1.54, 1.807) is 0 Å². The summed E-state index contributed by atoms with van der Waals surface area (Å²) in [6, 6.07) is 1.28. The number of sulfonamides is 1. The van der Waals surface area contributed by atoms with Gasteiger partial charge in [-0.2, -0.15) is 0 Å². The van der Waals surface area contributed by atoms with Gasteiger partial charge in [0.25, 0.3) is 10.0 Å². The molecule has 2 bridgehead atoms. The van der Waals surface area contributed by atoms with Crippen molar-refractivity contribution in [3.8, 4) is 0 Å². The van der Waals surface area contributed by atoms with Crippen molar-refractivity contribution in [2.45, 2.75) is 42.8 Å². The molecular formula is C12H20N4O2S. The lowest BCUT2D eigenvalue weighted by Gasteiger charge is -2.36. The van der Waals surface area contributed by atoms with Crippen LogP contribution in [0.1, 0.15) is 25.7 Å². The fourth-order valence-electron chi connectivity index (χ4n) is 3.39. The first-order valence-electron chi connectivity index (χ1n) is 6.76. The van der Waals surface area contributed by atoms with Crippen molar-refractivity contribution in [3.63, 3.8) is 0 Å². The molecule has 106 valence electrons. The zero-order chi connectivity index (χ0) is 13.5. The summed E-state index contributed by atoms with van der Waals surface area (Å²) in [6.07, 6.45) is 7.41. The molecule has 2 atom stereocenters. The topological polar surface area (TPSA) is 78.1 Å². The SMILES string of the molecule is CN1C2CCC1CC(CNS(=O)(=O)c1cnc[nH]1)C2. The highest BCUT2D eigenvalue weighted by molar-refractivity contribution is 7.89. The van der Waals surface area contributed by atoms with Gasteiger partial charge < -0.3 is 9.88 Å². The Morgan fingerprint density at radius 2 is 2.11 bits per heavy atom. The maximum absolute atomic E-state index is 12.0. The van der Waals surface area contributed by atoms with Gasteiger partial charge in [-0.05, 0) is 38.6 Å². The Morgan fingerprint density at radius 1 is 1.42 bits per heavy atom. The molecule has 2 unspecified atom stereocenters. The minimum absolute atomic E-state index is 0.142. The van der Waals surface area contributed by atoms with Crippen molar-refractivity contribution >= 4 is 10.0 Å². The van der Waals surface area contributed by atoms with Crippen LogP contribution in [0.15, 0.2) is 17.6 Å². The van der Waals surface area contributed by atoms with Crippen LogP contribution in [0.5, 0.6) is 0 Å². The first-order valence-corrected chi connectivity index (χ1v) is 8.24. The third-order valence-electron chi connectivity index (χ3n) is 4.52. The Balaban J connectivity index is 1.59. The van der Waals surface area contributed by atoms with Crippen LogP contribution in [0.4, 0.5) is 0 Å². The summed E-state index contributed by atoms with van der Waals surface area (Å²) in [6.45, 7) is 0.530. The van der Waals surface area contributed by atoms with Gasteiger partial charge in [0.05, 0.1) is 12.5 Å². The van der Waals surface area contributed by atoms with Crippen molar-refractivity contribution in [2.24, 2.45) is 5.92 Å². The molecule has 0 aliphatic carbocycles. The molecule has 2 aliphatic rings. The van der Waals surface area contributed by atoms with Gasteiger partial charge in [0.2, 0.25) is 0 Å². The lowest BCUT2D eigenvalue weighted by Crippen LogP contribution is -2.43. The molecule has 0 amide bonds. The van der Waals surface area contributed by atoms with E-state index in [9.17, 15) is 8.42 Å². The normalized spacial score (nSPS) is 31.7. The number of nitrogens with zero attached hydrogens (tertiary/aromatic N) is 2. The second-order valence-electron chi connectivity index (χ2n) is 5.66. The van der Waals surface area contributed by atoms with Crippen molar-refractivity contribution < 1.29 is 8.42 Å². The number of fused-ring (bicyclic) bond motifs is 2. The molecule has 2 aliphatic heterocycles. The lowest BCUT2D eigenvalue weighted by molar-refractivity contribution is 0.135. The zero-order valence-corrected chi connectivity index (χ0v) is 11.9. The largest absolute Gasteiger partial charge is 0.335 e. The number of aromatic nitrogens is 2. The number of nitrogens with one attached hydrogen (secondary N) is 2. The minimum Gasteiger partial charge on any atom is -0.335 e. The number of piperidine rings is 1. The predicted octanol–water partition coefficient (Wildman–Crippen LogP) is 0.561. The molecular weight excluding hydrogens is 264 g/mol. The zero-order valence-electron chi connectivity index (χ0n) is 11.0. The van der Waals surface area contributed by atoms with Gasteiger partial charge in [0, 0.05) is 18.6 Å². The fourth-order valence-corrected chi connectivity index (χ4v) is 4.40. The molecule has 6 nitrogen and oxygen atoms in total. The molecule has 1 aromatic heterocycles. The van der Waals surface area contributed by atoms with Gasteiger partial charge in [-0.3, -0.25) is 0 Å². The van der Waals surface area contributed by atoms with Gasteiger partial charge in [0.1, 0.15) is 0 Å². The maximum atomic E-state index is 12.0. The number of aromatic amines is 1. The Kier molecular flexibility index (Phi) is 3.36. The standard InChI is InChI=1S/C12H20N4O2S/c1-16-10-2-3-11(16)5-9(4-10)6-15-19(17,18)12-7-13-8-14-12/h7-11,15H,2-6H2,1H3,(H,13,14). The Hall–Kier alpha value is -0.920. The molecule has 0 aromatic carbocycles. The third kappa shape index (κ3) is 2.54. The molecule has 7 heteroatoms. The van der Waals surface area contributed by atoms with Crippen molar-refractivity contribution in [1.82, 2.24) is 19.6 Å². The summed E-state index contributed by atoms with van der Waals surface area (Å²) in [7, 11) is -1.24. The average molecular weight is 284 g/mol. The molecule has 19 heavy (non-hydrogen) atoms. The van der Waals surface area contributed by atoms with E-state index in [1.807, 2.05) is 0 Å². The van der Waals surface area contributed by atoms with E-state index in [1.165, 1.54) is 25.4 Å². The fraction of sp³-hybridized carbons (Fsp3) is 0.750. The van der Waals surface area contributed by atoms with E-state index >= 15 is 0 Å². The van der Waals surface area contributed by atoms with Crippen LogP contribution in [-0.2, 0) is 10.0 Å². The number of hydrogen-bond acceptors (Lipinski definition) is 4. The molecule has 3 heterocycles. The van der Waals surface area contributed by atoms with E-state index in [0.29, 0.717) is 24.5 Å². The highest BCUT2D eigenvalue weighted by Crippen LogP contribution is 2.37. The van der Waals surface area contributed by atoms with Gasteiger partial charge in [-0.15, -0.1) is 0 Å². The number of imidazole rings is 1. The Labute approximate surface area is 113 Å². The summed E-state index contributed by atoms with van der Waals surface area (Å²) >= 11 is 0. The number of H-pyrrole nitrogens is 1. The van der Waals surface area contributed by atoms with Crippen LogP contribution in [-0.4, -0.2) is 49.0 Å². The van der Waals surface area contributed by atoms with Crippen molar-refractivity contribution in [2.75, 3.05) is 13.6 Å². The Morgan fingerprint density at radius 3 is 2.68 bits per heavy atom. The first-order chi connectivity index (χ1) is 9.06. The van der Waals surface area contributed by atoms with Gasteiger partial charge in [-0.25, -0.2) is 18.1 Å². The van der Waals surface area contributed by atoms with E-state index in [0.717, 1.165) is 12.8 Å². The smallest absolute Gasteiger partial charge is 0.257 e. The highest BCUT2D eigenvalue weighted by atomic mass is 32.2. The van der Waals surface area contributed by atoms with Crippen molar-refractivity contribution in [1.29, 1.82) is 0 Å². The predicted molar refractivity (Wildman–Crippen MR) is 71.1 cm³/mol. The summed E-state index contributed by atoms with van der Waals surface area (Å²) in [5, 5.41) is 0.142.